The number of primary amides is 1. The van der Waals surface area contributed by atoms with E-state index in [4.69, 9.17) is 20.2 Å². The molecular formula is C41H55N11O5. The van der Waals surface area contributed by atoms with Gasteiger partial charge in [0, 0.05) is 69.2 Å². The lowest BCUT2D eigenvalue weighted by Gasteiger charge is -2.32. The maximum atomic E-state index is 13.4. The quantitative estimate of drug-likeness (QED) is 0.0303. The third kappa shape index (κ3) is 10.4. The van der Waals surface area contributed by atoms with Crippen LogP contribution >= 0.6 is 0 Å². The van der Waals surface area contributed by atoms with Crippen LogP contribution in [0.5, 0.6) is 11.5 Å². The van der Waals surface area contributed by atoms with Crippen molar-refractivity contribution < 1.29 is 23.9 Å². The number of rotatable bonds is 21. The Balaban J connectivity index is 1.36. The molecule has 0 atom stereocenters. The number of hydrogen-bond acceptors (Lipinski definition) is 12. The average Bonchev–Trinajstić information content (AvgIpc) is 3.78. The molecule has 2 amide bonds. The molecule has 0 aliphatic carbocycles. The van der Waals surface area contributed by atoms with Crippen LogP contribution in [0.1, 0.15) is 70.0 Å². The van der Waals surface area contributed by atoms with Gasteiger partial charge in [-0.15, -0.1) is 0 Å². The van der Waals surface area contributed by atoms with E-state index in [1.54, 1.807) is 42.1 Å². The van der Waals surface area contributed by atoms with Crippen LogP contribution in [0, 0.1) is 6.92 Å². The van der Waals surface area contributed by atoms with Crippen LogP contribution in [0.25, 0.3) is 11.0 Å². The van der Waals surface area contributed by atoms with E-state index < -0.39 is 5.91 Å². The molecule has 4 aromatic rings. The number of amides is 2. The molecule has 0 saturated carbocycles. The molecule has 1 aliphatic rings. The monoisotopic (exact) mass is 781 g/mol. The molecule has 304 valence electrons. The Morgan fingerprint density at radius 1 is 1.14 bits per heavy atom. The number of fused-ring (bicyclic) bond motifs is 1. The van der Waals surface area contributed by atoms with Gasteiger partial charge in [-0.2, -0.15) is 5.10 Å². The van der Waals surface area contributed by atoms with Gasteiger partial charge >= 0.3 is 0 Å². The fraction of sp³-hybridized carbons (Fsp3) is 0.415. The highest BCUT2D eigenvalue weighted by Gasteiger charge is 2.22. The minimum Gasteiger partial charge on any atom is -0.494 e. The number of carbonyl (C=O) groups excluding carboxylic acids is 3. The van der Waals surface area contributed by atoms with Gasteiger partial charge in [0.2, 0.25) is 11.9 Å². The van der Waals surface area contributed by atoms with E-state index in [-0.39, 0.29) is 12.6 Å². The normalized spacial score (nSPS) is 13.4. The Hall–Kier alpha value is -6.16. The zero-order chi connectivity index (χ0) is 41.1. The van der Waals surface area contributed by atoms with Crippen LogP contribution in [-0.2, 0) is 13.1 Å². The van der Waals surface area contributed by atoms with Gasteiger partial charge in [-0.05, 0) is 77.1 Å². The second-order valence-corrected chi connectivity index (χ2v) is 14.0. The number of likely N-dealkylation sites (tertiary alicyclic amines) is 1. The van der Waals surface area contributed by atoms with Gasteiger partial charge in [-0.25, -0.2) is 4.98 Å². The molecule has 5 rings (SSSR count). The number of aryl methyl sites for hydroxylation is 2. The molecule has 0 bridgehead atoms. The molecule has 57 heavy (non-hydrogen) atoms. The van der Waals surface area contributed by atoms with Gasteiger partial charge in [0.15, 0.2) is 0 Å². The fourth-order valence-electron chi connectivity index (χ4n) is 7.09. The minimum absolute atomic E-state index is 0.0729. The number of nitrogens with zero attached hydrogens (tertiary/aromatic N) is 7. The Kier molecular flexibility index (Phi) is 14.5. The van der Waals surface area contributed by atoms with Crippen LogP contribution in [-0.4, -0.2) is 109 Å². The standard InChI is InChI=1S/C41H55N11O5/c1-8-52-34(20-28(4)48-52)40(55)45-26-50(37-32(43-5)21-29(25-53)22-35(37)56-7)15-9-10-16-51-38-33(47-41(51)44-6)23-30(39(42)54)24-36(38)57-19-11-14-49-17-12-31(13-18-49)46-27(2)3/h9-10,20-25,31,46H,2,5,8,11-19,26H2,1,3-4,6-7H3,(H2,42,54)(H,44,47)(H,45,55)/b10-9+. The van der Waals surface area contributed by atoms with Crippen molar-refractivity contribution in [3.8, 4) is 11.5 Å². The van der Waals surface area contributed by atoms with E-state index in [0.29, 0.717) is 89.7 Å². The van der Waals surface area contributed by atoms with E-state index in [9.17, 15) is 14.4 Å². The Bertz CT molecular complexity index is 2110. The zero-order valence-electron chi connectivity index (χ0n) is 33.6. The van der Waals surface area contributed by atoms with Gasteiger partial charge in [0.05, 0.1) is 37.3 Å². The van der Waals surface area contributed by atoms with E-state index >= 15 is 0 Å². The third-order valence-electron chi connectivity index (χ3n) is 9.79. The van der Waals surface area contributed by atoms with E-state index in [1.165, 1.54) is 7.11 Å². The van der Waals surface area contributed by atoms with Gasteiger partial charge in [-0.1, -0.05) is 18.7 Å². The van der Waals surface area contributed by atoms with E-state index in [0.717, 1.165) is 55.8 Å². The Morgan fingerprint density at radius 2 is 1.91 bits per heavy atom. The molecule has 0 spiro atoms. The predicted molar refractivity (Wildman–Crippen MR) is 224 cm³/mol. The maximum Gasteiger partial charge on any atom is 0.270 e. The molecule has 0 radical (unpaired) electrons. The number of allylic oxidation sites excluding steroid dienone is 2. The summed E-state index contributed by atoms with van der Waals surface area (Å²) in [6, 6.07) is 8.79. The second-order valence-electron chi connectivity index (χ2n) is 14.0. The number of methoxy groups -OCH3 is 1. The summed E-state index contributed by atoms with van der Waals surface area (Å²) < 4.78 is 15.7. The fourth-order valence-corrected chi connectivity index (χ4v) is 7.09. The first-order valence-electron chi connectivity index (χ1n) is 19.2. The summed E-state index contributed by atoms with van der Waals surface area (Å²) in [4.78, 5) is 50.7. The van der Waals surface area contributed by atoms with Crippen LogP contribution in [0.2, 0.25) is 0 Å². The number of ether oxygens (including phenoxy) is 2. The van der Waals surface area contributed by atoms with Gasteiger partial charge in [0.1, 0.15) is 34.7 Å². The molecule has 0 unspecified atom stereocenters. The van der Waals surface area contributed by atoms with Crippen molar-refractivity contribution in [2.75, 3.05) is 63.8 Å². The number of aromatic nitrogens is 4. The van der Waals surface area contributed by atoms with Crippen LogP contribution < -0.4 is 36.1 Å². The number of nitrogens with two attached hydrogens (primary N) is 1. The molecule has 1 aliphatic heterocycles. The lowest BCUT2D eigenvalue weighted by molar-refractivity contribution is 0.0941. The minimum atomic E-state index is -0.570. The summed E-state index contributed by atoms with van der Waals surface area (Å²) in [5.74, 6) is 0.618. The molecule has 5 N–H and O–H groups in total. The summed E-state index contributed by atoms with van der Waals surface area (Å²) in [5, 5.41) is 14.0. The largest absolute Gasteiger partial charge is 0.494 e. The van der Waals surface area contributed by atoms with Crippen molar-refractivity contribution in [3.05, 3.63) is 77.3 Å². The highest BCUT2D eigenvalue weighted by molar-refractivity contribution is 5.99. The van der Waals surface area contributed by atoms with Gasteiger partial charge < -0.3 is 45.5 Å². The van der Waals surface area contributed by atoms with Gasteiger partial charge in [-0.3, -0.25) is 24.1 Å². The van der Waals surface area contributed by atoms with Crippen molar-refractivity contribution in [3.63, 3.8) is 0 Å². The zero-order valence-corrected chi connectivity index (χ0v) is 33.6. The molecular weight excluding hydrogens is 727 g/mol. The van der Waals surface area contributed by atoms with Crippen molar-refractivity contribution in [1.82, 2.24) is 34.9 Å². The molecule has 16 nitrogen and oxygen atoms in total. The van der Waals surface area contributed by atoms with Crippen LogP contribution in [0.4, 0.5) is 17.3 Å². The number of benzene rings is 2. The molecule has 2 aromatic heterocycles. The summed E-state index contributed by atoms with van der Waals surface area (Å²) in [5.41, 5.74) is 10.8. The lowest BCUT2D eigenvalue weighted by atomic mass is 10.0. The molecule has 1 fully saturated rings. The van der Waals surface area contributed by atoms with Crippen molar-refractivity contribution >= 4 is 53.2 Å². The third-order valence-corrected chi connectivity index (χ3v) is 9.79. The number of imidazole rings is 1. The first kappa shape index (κ1) is 42.0. The summed E-state index contributed by atoms with van der Waals surface area (Å²) in [6.07, 6.45) is 7.58. The SMILES string of the molecule is C=Nc1cc(C=O)cc(OC)c1N(C/C=C/Cn1c(NC)nc2cc(C(N)=O)cc(OCCCN3CCC(NC(=C)C)CC3)c21)CNC(=O)c1cc(C)nn1CC. The Morgan fingerprint density at radius 3 is 2.56 bits per heavy atom. The number of nitrogens with one attached hydrogen (secondary N) is 3. The molecule has 1 saturated heterocycles. The Labute approximate surface area is 333 Å². The number of aliphatic imine (C=N–C) groups is 1. The number of hydrogen-bond donors (Lipinski definition) is 4. The number of carbonyl (C=O) groups is 3. The summed E-state index contributed by atoms with van der Waals surface area (Å²) >= 11 is 0. The van der Waals surface area contributed by atoms with Crippen molar-refractivity contribution in [2.45, 2.75) is 59.2 Å². The highest BCUT2D eigenvalue weighted by atomic mass is 16.5. The lowest BCUT2D eigenvalue weighted by Crippen LogP contribution is -2.42. The average molecular weight is 782 g/mol. The van der Waals surface area contributed by atoms with E-state index in [2.05, 4.69) is 44.2 Å². The van der Waals surface area contributed by atoms with Crippen LogP contribution in [0.3, 0.4) is 0 Å². The predicted octanol–water partition coefficient (Wildman–Crippen LogP) is 4.66. The molecule has 16 heteroatoms. The maximum absolute atomic E-state index is 13.4. The molecule has 3 heterocycles. The highest BCUT2D eigenvalue weighted by Crippen LogP contribution is 2.39. The van der Waals surface area contributed by atoms with Crippen molar-refractivity contribution in [2.24, 2.45) is 10.7 Å². The van der Waals surface area contributed by atoms with Gasteiger partial charge in [0.25, 0.3) is 5.91 Å². The molecule has 2 aromatic carbocycles. The summed E-state index contributed by atoms with van der Waals surface area (Å²) in [6.45, 7) is 18.1. The number of aldehydes is 1. The summed E-state index contributed by atoms with van der Waals surface area (Å²) in [7, 11) is 3.29. The smallest absolute Gasteiger partial charge is 0.270 e. The number of piperidine rings is 1. The second kappa shape index (κ2) is 19.6. The first-order valence-corrected chi connectivity index (χ1v) is 19.2. The number of anilines is 2. The van der Waals surface area contributed by atoms with E-state index in [1.807, 2.05) is 42.4 Å². The topological polar surface area (TPSA) is 186 Å². The van der Waals surface area contributed by atoms with Crippen molar-refractivity contribution in [1.29, 1.82) is 0 Å². The van der Waals surface area contributed by atoms with Crippen LogP contribution in [0.15, 0.2) is 59.8 Å². The first-order chi connectivity index (χ1) is 27.5.